The van der Waals surface area contributed by atoms with Crippen molar-refractivity contribution in [2.45, 2.75) is 0 Å². The Morgan fingerprint density at radius 2 is 1.79 bits per heavy atom. The lowest BCUT2D eigenvalue weighted by atomic mass is 9.93. The lowest BCUT2D eigenvalue weighted by Gasteiger charge is -2.11. The number of ether oxygens (including phenoxy) is 2. The number of non-ortho nitro benzene ring substituents is 1. The van der Waals surface area contributed by atoms with E-state index < -0.39 is 16.3 Å². The molecule has 0 radical (unpaired) electrons. The Morgan fingerprint density at radius 1 is 1.00 bits per heavy atom. The second-order valence-electron chi connectivity index (χ2n) is 7.37. The van der Waals surface area contributed by atoms with Gasteiger partial charge in [-0.1, -0.05) is 42.5 Å². The highest BCUT2D eigenvalue weighted by atomic mass is 16.7. The highest BCUT2D eigenvalue weighted by Crippen LogP contribution is 2.34. The normalized spacial score (nSPS) is 12.4. The van der Waals surface area contributed by atoms with Gasteiger partial charge in [0.05, 0.1) is 10.5 Å². The van der Waals surface area contributed by atoms with Gasteiger partial charge in [0.15, 0.2) is 17.3 Å². The predicted octanol–water partition coefficient (Wildman–Crippen LogP) is 4.73. The molecule has 1 aromatic heterocycles. The van der Waals surface area contributed by atoms with Gasteiger partial charge in [0.25, 0.3) is 11.2 Å². The topological polar surface area (TPSA) is 112 Å². The number of benzene rings is 3. The van der Waals surface area contributed by atoms with E-state index in [1.165, 1.54) is 24.3 Å². The van der Waals surface area contributed by atoms with Crippen LogP contribution in [0.25, 0.3) is 28.1 Å². The molecule has 1 N–H and O–H groups in total. The fraction of sp³-hybridized carbons (Fsp3) is 0.0400. The van der Waals surface area contributed by atoms with Crippen LogP contribution in [0.4, 0.5) is 5.69 Å². The Morgan fingerprint density at radius 3 is 2.58 bits per heavy atom. The molecule has 1 aliphatic rings. The molecular weight excluding hydrogens is 424 g/mol. The summed E-state index contributed by atoms with van der Waals surface area (Å²) >= 11 is 0. The lowest BCUT2D eigenvalue weighted by Crippen LogP contribution is -2.18. The summed E-state index contributed by atoms with van der Waals surface area (Å²) in [6.45, 7) is 0.139. The summed E-state index contributed by atoms with van der Waals surface area (Å²) in [6, 6.07) is 18.3. The molecule has 0 bridgehead atoms. The van der Waals surface area contributed by atoms with Crippen LogP contribution in [0.3, 0.4) is 0 Å². The SMILES string of the molecule is O=C(/C=C/c1ccc2c(c1)OCO2)c1c(-c2ccccc2)c2cc([N+](=O)[O-])ccc2[nH]c1=O. The molecule has 0 saturated heterocycles. The molecular formula is C25H16N2O6. The molecule has 1 aliphatic heterocycles. The van der Waals surface area contributed by atoms with E-state index in [0.717, 1.165) is 0 Å². The average molecular weight is 440 g/mol. The number of rotatable bonds is 5. The highest BCUT2D eigenvalue weighted by molar-refractivity contribution is 6.15. The van der Waals surface area contributed by atoms with Crippen molar-refractivity contribution in [2.75, 3.05) is 6.79 Å². The van der Waals surface area contributed by atoms with E-state index >= 15 is 0 Å². The first-order valence-electron chi connectivity index (χ1n) is 10.0. The average Bonchev–Trinajstić information content (AvgIpc) is 3.30. The summed E-state index contributed by atoms with van der Waals surface area (Å²) in [5.74, 6) is 0.670. The number of hydrogen-bond donors (Lipinski definition) is 1. The Balaban J connectivity index is 1.66. The number of nitro benzene ring substituents is 1. The zero-order valence-corrected chi connectivity index (χ0v) is 17.1. The Labute approximate surface area is 186 Å². The minimum absolute atomic E-state index is 0.0915. The van der Waals surface area contributed by atoms with E-state index in [-0.39, 0.29) is 18.0 Å². The van der Waals surface area contributed by atoms with Crippen molar-refractivity contribution in [3.63, 3.8) is 0 Å². The fourth-order valence-corrected chi connectivity index (χ4v) is 3.81. The fourth-order valence-electron chi connectivity index (χ4n) is 3.81. The third kappa shape index (κ3) is 3.74. The van der Waals surface area contributed by atoms with Gasteiger partial charge < -0.3 is 14.5 Å². The molecule has 0 aliphatic carbocycles. The monoisotopic (exact) mass is 440 g/mol. The van der Waals surface area contributed by atoms with Gasteiger partial charge in [-0.3, -0.25) is 19.7 Å². The number of nitrogens with zero attached hydrogens (tertiary/aromatic N) is 1. The summed E-state index contributed by atoms with van der Waals surface area (Å²) in [5, 5.41) is 11.8. The van der Waals surface area contributed by atoms with Crippen LogP contribution in [0.1, 0.15) is 15.9 Å². The Kier molecular flexibility index (Phi) is 4.95. The van der Waals surface area contributed by atoms with Crippen LogP contribution in [0.15, 0.2) is 77.6 Å². The minimum Gasteiger partial charge on any atom is -0.454 e. The molecule has 8 nitrogen and oxygen atoms in total. The number of fused-ring (bicyclic) bond motifs is 2. The van der Waals surface area contributed by atoms with Crippen LogP contribution in [-0.2, 0) is 0 Å². The van der Waals surface area contributed by atoms with Gasteiger partial charge in [-0.25, -0.2) is 0 Å². The largest absolute Gasteiger partial charge is 0.454 e. The van der Waals surface area contributed by atoms with Crippen molar-refractivity contribution >= 4 is 28.4 Å². The van der Waals surface area contributed by atoms with E-state index in [0.29, 0.717) is 39.1 Å². The first-order chi connectivity index (χ1) is 16.0. The number of aromatic nitrogens is 1. The number of aromatic amines is 1. The molecule has 5 rings (SSSR count). The summed E-state index contributed by atoms with van der Waals surface area (Å²) in [5.41, 5.74) is 1.25. The summed E-state index contributed by atoms with van der Waals surface area (Å²) in [6.07, 6.45) is 2.88. The second kappa shape index (κ2) is 8.08. The maximum absolute atomic E-state index is 13.2. The molecule has 0 spiro atoms. The van der Waals surface area contributed by atoms with Crippen molar-refractivity contribution in [3.05, 3.63) is 104 Å². The van der Waals surface area contributed by atoms with Crippen LogP contribution >= 0.6 is 0 Å². The molecule has 3 aromatic carbocycles. The number of ketones is 1. The van der Waals surface area contributed by atoms with E-state index in [4.69, 9.17) is 9.47 Å². The molecule has 0 atom stereocenters. The zero-order valence-electron chi connectivity index (χ0n) is 17.1. The molecule has 33 heavy (non-hydrogen) atoms. The standard InChI is InChI=1S/C25H16N2O6/c28-20(10-6-15-7-11-21-22(12-15)33-14-32-21)24-23(16-4-2-1-3-5-16)18-13-17(27(30)31)8-9-19(18)26-25(24)29/h1-13H,14H2,(H,26,29)/b10-6+. The number of carbonyl (C=O) groups is 1. The third-order valence-electron chi connectivity index (χ3n) is 5.34. The maximum Gasteiger partial charge on any atom is 0.270 e. The minimum atomic E-state index is -0.574. The van der Waals surface area contributed by atoms with E-state index in [9.17, 15) is 19.7 Å². The number of hydrogen-bond acceptors (Lipinski definition) is 6. The van der Waals surface area contributed by atoms with Gasteiger partial charge in [0, 0.05) is 28.6 Å². The van der Waals surface area contributed by atoms with Crippen LogP contribution in [-0.4, -0.2) is 22.5 Å². The van der Waals surface area contributed by atoms with Gasteiger partial charge in [-0.2, -0.15) is 0 Å². The molecule has 8 heteroatoms. The second-order valence-corrected chi connectivity index (χ2v) is 7.37. The summed E-state index contributed by atoms with van der Waals surface area (Å²) < 4.78 is 10.6. The van der Waals surface area contributed by atoms with Gasteiger partial charge in [-0.15, -0.1) is 0 Å². The van der Waals surface area contributed by atoms with Gasteiger partial charge >= 0.3 is 0 Å². The van der Waals surface area contributed by atoms with Crippen molar-refractivity contribution in [3.8, 4) is 22.6 Å². The maximum atomic E-state index is 13.2. The predicted molar refractivity (Wildman–Crippen MR) is 123 cm³/mol. The van der Waals surface area contributed by atoms with E-state index in [1.54, 1.807) is 48.5 Å². The lowest BCUT2D eigenvalue weighted by molar-refractivity contribution is -0.384. The zero-order chi connectivity index (χ0) is 22.9. The molecule has 0 amide bonds. The molecule has 0 unspecified atom stereocenters. The number of allylic oxidation sites excluding steroid dienone is 1. The summed E-state index contributed by atoms with van der Waals surface area (Å²) in [4.78, 5) is 39.7. The van der Waals surface area contributed by atoms with E-state index in [1.807, 2.05) is 6.07 Å². The quantitative estimate of drug-likeness (QED) is 0.208. The van der Waals surface area contributed by atoms with Gasteiger partial charge in [-0.05, 0) is 35.4 Å². The molecule has 2 heterocycles. The molecule has 0 fully saturated rings. The Hall–Kier alpha value is -4.72. The first kappa shape index (κ1) is 20.2. The van der Waals surface area contributed by atoms with Crippen molar-refractivity contribution in [1.82, 2.24) is 4.98 Å². The van der Waals surface area contributed by atoms with Crippen LogP contribution in [0, 0.1) is 10.1 Å². The number of H-pyrrole nitrogens is 1. The Bertz CT molecular complexity index is 1510. The van der Waals surface area contributed by atoms with E-state index in [2.05, 4.69) is 4.98 Å². The van der Waals surface area contributed by atoms with Gasteiger partial charge in [0.1, 0.15) is 0 Å². The number of nitro groups is 1. The van der Waals surface area contributed by atoms with Crippen LogP contribution in [0.5, 0.6) is 11.5 Å². The number of pyridine rings is 1. The van der Waals surface area contributed by atoms with Crippen molar-refractivity contribution in [2.24, 2.45) is 0 Å². The smallest absolute Gasteiger partial charge is 0.270 e. The van der Waals surface area contributed by atoms with Crippen LogP contribution < -0.4 is 15.0 Å². The third-order valence-corrected chi connectivity index (χ3v) is 5.34. The van der Waals surface area contributed by atoms with Gasteiger partial charge in [0.2, 0.25) is 6.79 Å². The molecule has 162 valence electrons. The van der Waals surface area contributed by atoms with Crippen molar-refractivity contribution in [1.29, 1.82) is 0 Å². The summed E-state index contributed by atoms with van der Waals surface area (Å²) in [7, 11) is 0. The highest BCUT2D eigenvalue weighted by Gasteiger charge is 2.21. The molecule has 4 aromatic rings. The number of nitrogens with one attached hydrogen (secondary N) is 1. The number of carbonyl (C=O) groups excluding carboxylic acids is 1. The van der Waals surface area contributed by atoms with Crippen LogP contribution in [0.2, 0.25) is 0 Å². The van der Waals surface area contributed by atoms with Crippen molar-refractivity contribution < 1.29 is 19.2 Å². The molecule has 0 saturated carbocycles. The first-order valence-corrected chi connectivity index (χ1v) is 10.0.